The Kier molecular flexibility index (Phi) is 9.68. The number of carbonyl (C=O) groups excluding carboxylic acids is 1. The highest BCUT2D eigenvalue weighted by molar-refractivity contribution is 5.79. The second-order valence-corrected chi connectivity index (χ2v) is 8.84. The van der Waals surface area contributed by atoms with E-state index < -0.39 is 29.9 Å². The molecule has 1 amide bonds. The number of hydrogen-bond donors (Lipinski definition) is 5. The lowest BCUT2D eigenvalue weighted by atomic mass is 10.0. The molecule has 0 saturated carbocycles. The fourth-order valence-electron chi connectivity index (χ4n) is 3.97. The number of amides is 1. The molecule has 11 nitrogen and oxygen atoms in total. The number of nitrogens with one attached hydrogen (secondary N) is 3. The van der Waals surface area contributed by atoms with Crippen molar-refractivity contribution < 1.29 is 42.2 Å². The van der Waals surface area contributed by atoms with E-state index in [1.807, 2.05) is 6.07 Å². The summed E-state index contributed by atoms with van der Waals surface area (Å²) in [5.41, 5.74) is 3.67. The number of unbranched alkanes of at least 4 members (excludes halogenated alkanes) is 1. The number of carbonyl (C=O) groups is 3. The lowest BCUT2D eigenvalue weighted by Crippen LogP contribution is -2.30. The number of nitrogens with zero attached hydrogens (tertiary/aromatic N) is 1. The molecule has 1 aliphatic rings. The van der Waals surface area contributed by atoms with E-state index in [1.54, 1.807) is 18.2 Å². The number of aryl methyl sites for hydroxylation is 2. The highest BCUT2D eigenvalue weighted by Gasteiger charge is 2.38. The van der Waals surface area contributed by atoms with Gasteiger partial charge in [-0.1, -0.05) is 12.1 Å². The number of oxazole rings is 1. The van der Waals surface area contributed by atoms with E-state index in [0.717, 1.165) is 43.7 Å². The van der Waals surface area contributed by atoms with E-state index in [4.69, 9.17) is 14.3 Å². The number of carboxylic acids is 2. The van der Waals surface area contributed by atoms with Crippen molar-refractivity contribution >= 4 is 34.8 Å². The summed E-state index contributed by atoms with van der Waals surface area (Å²) in [5.74, 6) is -3.61. The molecule has 1 aliphatic heterocycles. The molecule has 0 aliphatic carbocycles. The average Bonchev–Trinajstić information content (AvgIpc) is 3.25. The molecule has 210 valence electrons. The molecule has 1 aromatic carbocycles. The molecular weight excluding hydrogens is 525 g/mol. The van der Waals surface area contributed by atoms with E-state index in [1.165, 1.54) is 5.56 Å². The number of fused-ring (bicyclic) bond motifs is 2. The lowest BCUT2D eigenvalue weighted by molar-refractivity contribution is -0.192. The van der Waals surface area contributed by atoms with Crippen LogP contribution in [-0.4, -0.2) is 50.7 Å². The van der Waals surface area contributed by atoms with Gasteiger partial charge in [0, 0.05) is 18.7 Å². The maximum Gasteiger partial charge on any atom is 0.490 e. The van der Waals surface area contributed by atoms with Crippen molar-refractivity contribution in [3.8, 4) is 0 Å². The fourth-order valence-corrected chi connectivity index (χ4v) is 3.97. The van der Waals surface area contributed by atoms with Gasteiger partial charge in [0.15, 0.2) is 5.58 Å². The van der Waals surface area contributed by atoms with Gasteiger partial charge in [0.25, 0.3) is 0 Å². The summed E-state index contributed by atoms with van der Waals surface area (Å²) in [5, 5.41) is 22.5. The number of aromatic nitrogens is 2. The fraction of sp³-hybridized carbons (Fsp3) is 0.400. The molecule has 3 aromatic rings. The van der Waals surface area contributed by atoms with Gasteiger partial charge >= 0.3 is 23.9 Å². The quantitative estimate of drug-likeness (QED) is 0.249. The maximum atomic E-state index is 12.5. The summed E-state index contributed by atoms with van der Waals surface area (Å²) < 4.78 is 36.8. The number of benzene rings is 1. The van der Waals surface area contributed by atoms with Crippen LogP contribution in [0.15, 0.2) is 39.5 Å². The molecule has 0 spiro atoms. The summed E-state index contributed by atoms with van der Waals surface area (Å²) in [6.45, 7) is 0.949. The minimum absolute atomic E-state index is 0.216. The Morgan fingerprint density at radius 1 is 1.13 bits per heavy atom. The zero-order valence-electron chi connectivity index (χ0n) is 20.6. The Labute approximate surface area is 219 Å². The van der Waals surface area contributed by atoms with Gasteiger partial charge in [0.2, 0.25) is 5.91 Å². The molecule has 0 fully saturated rings. The minimum atomic E-state index is -5.08. The lowest BCUT2D eigenvalue weighted by Gasteiger charge is -2.18. The number of aromatic amines is 1. The third-order valence-electron chi connectivity index (χ3n) is 5.84. The molecule has 0 saturated heterocycles. The molecule has 14 heteroatoms. The maximum absolute atomic E-state index is 12.5. The van der Waals surface area contributed by atoms with Gasteiger partial charge in [-0.3, -0.25) is 14.6 Å². The van der Waals surface area contributed by atoms with Crippen molar-refractivity contribution in [3.05, 3.63) is 57.7 Å². The van der Waals surface area contributed by atoms with E-state index in [2.05, 4.69) is 26.7 Å². The first-order valence-corrected chi connectivity index (χ1v) is 12.1. The number of rotatable bonds is 9. The third kappa shape index (κ3) is 8.86. The molecule has 0 bridgehead atoms. The third-order valence-corrected chi connectivity index (χ3v) is 5.84. The zero-order valence-corrected chi connectivity index (χ0v) is 20.6. The number of H-pyrrole nitrogens is 1. The topological polar surface area (TPSA) is 175 Å². The van der Waals surface area contributed by atoms with E-state index in [-0.39, 0.29) is 12.3 Å². The molecule has 0 radical (unpaired) electrons. The van der Waals surface area contributed by atoms with Crippen LogP contribution in [0.3, 0.4) is 0 Å². The van der Waals surface area contributed by atoms with E-state index >= 15 is 0 Å². The highest BCUT2D eigenvalue weighted by atomic mass is 19.4. The van der Waals surface area contributed by atoms with Crippen LogP contribution in [0.2, 0.25) is 0 Å². The summed E-state index contributed by atoms with van der Waals surface area (Å²) in [6, 6.07) is 8.35. The summed E-state index contributed by atoms with van der Waals surface area (Å²) in [6.07, 6.45) is -0.620. The van der Waals surface area contributed by atoms with Crippen LogP contribution in [0, 0.1) is 0 Å². The summed E-state index contributed by atoms with van der Waals surface area (Å²) in [4.78, 5) is 51.2. The van der Waals surface area contributed by atoms with Gasteiger partial charge < -0.3 is 25.3 Å². The molecule has 4 rings (SSSR count). The summed E-state index contributed by atoms with van der Waals surface area (Å²) >= 11 is 0. The van der Waals surface area contributed by atoms with Gasteiger partial charge in [-0.2, -0.15) is 13.2 Å². The number of hydrogen-bond acceptors (Lipinski definition) is 7. The molecule has 2 aromatic heterocycles. The largest absolute Gasteiger partial charge is 0.490 e. The van der Waals surface area contributed by atoms with E-state index in [9.17, 15) is 32.7 Å². The Hall–Kier alpha value is -4.36. The molecule has 3 heterocycles. The van der Waals surface area contributed by atoms with Crippen LogP contribution in [0.5, 0.6) is 0 Å². The smallest absolute Gasteiger partial charge is 0.481 e. The Morgan fingerprint density at radius 3 is 2.56 bits per heavy atom. The van der Waals surface area contributed by atoms with Crippen molar-refractivity contribution in [1.82, 2.24) is 15.3 Å². The van der Waals surface area contributed by atoms with Crippen LogP contribution < -0.4 is 16.4 Å². The molecule has 1 unspecified atom stereocenters. The molecular formula is C25H27F3N4O7. The zero-order chi connectivity index (χ0) is 28.6. The SMILES string of the molecule is O=C(O)C(F)(F)F.O=C(O)CC(NC(=O)CCCCc1ccc2c(n1)NCCC2)c1ccc2[nH]c(=O)oc2c1. The average molecular weight is 553 g/mol. The molecule has 5 N–H and O–H groups in total. The summed E-state index contributed by atoms with van der Waals surface area (Å²) in [7, 11) is 0. The van der Waals surface area contributed by atoms with Gasteiger partial charge in [-0.25, -0.2) is 14.6 Å². The number of anilines is 1. The first-order valence-electron chi connectivity index (χ1n) is 12.1. The number of pyridine rings is 1. The van der Waals surface area contributed by atoms with Crippen molar-refractivity contribution in [2.75, 3.05) is 11.9 Å². The normalized spacial score (nSPS) is 13.4. The first kappa shape index (κ1) is 29.2. The van der Waals surface area contributed by atoms with E-state index in [0.29, 0.717) is 29.5 Å². The van der Waals surface area contributed by atoms with Gasteiger partial charge in [-0.05, 0) is 61.4 Å². The number of aliphatic carboxylic acids is 2. The second-order valence-electron chi connectivity index (χ2n) is 8.84. The predicted molar refractivity (Wildman–Crippen MR) is 132 cm³/mol. The van der Waals surface area contributed by atoms with Crippen LogP contribution in [-0.2, 0) is 27.2 Å². The number of carboxylic acid groups (broad SMARTS) is 2. The van der Waals surface area contributed by atoms with Crippen molar-refractivity contribution in [3.63, 3.8) is 0 Å². The second kappa shape index (κ2) is 12.9. The van der Waals surface area contributed by atoms with Crippen LogP contribution in [0.25, 0.3) is 11.1 Å². The molecule has 1 atom stereocenters. The number of halogens is 3. The van der Waals surface area contributed by atoms with Crippen LogP contribution in [0.1, 0.15) is 55.0 Å². The first-order chi connectivity index (χ1) is 18.4. The van der Waals surface area contributed by atoms with Crippen LogP contribution >= 0.6 is 0 Å². The predicted octanol–water partition coefficient (Wildman–Crippen LogP) is 3.55. The Balaban J connectivity index is 0.000000532. The van der Waals surface area contributed by atoms with Gasteiger partial charge in [-0.15, -0.1) is 0 Å². The highest BCUT2D eigenvalue weighted by Crippen LogP contribution is 2.23. The standard InChI is InChI=1S/C23H26N4O5.C2HF3O2/c28-20(6-2-1-5-16-9-7-14-4-3-11-24-22(14)25-16)26-18(13-21(29)30)15-8-10-17-19(12-15)32-23(31)27-17;3-2(4,5)1(6)7/h7-10,12,18H,1-6,11,13H2,(H,24,25)(H,26,28)(H,27,31)(H,29,30);(H,6,7). The number of alkyl halides is 3. The van der Waals surface area contributed by atoms with Crippen molar-refractivity contribution in [2.45, 2.75) is 57.2 Å². The van der Waals surface area contributed by atoms with Crippen LogP contribution in [0.4, 0.5) is 19.0 Å². The monoisotopic (exact) mass is 552 g/mol. The minimum Gasteiger partial charge on any atom is -0.481 e. The Bertz CT molecular complexity index is 1380. The molecule has 39 heavy (non-hydrogen) atoms. The van der Waals surface area contributed by atoms with Crippen molar-refractivity contribution in [2.24, 2.45) is 0 Å². The van der Waals surface area contributed by atoms with Crippen molar-refractivity contribution in [1.29, 1.82) is 0 Å². The Morgan fingerprint density at radius 2 is 1.87 bits per heavy atom. The van der Waals surface area contributed by atoms with Gasteiger partial charge in [0.1, 0.15) is 5.82 Å². The van der Waals surface area contributed by atoms with Gasteiger partial charge in [0.05, 0.1) is 18.0 Å².